The Hall–Kier alpha value is -1.61. The van der Waals surface area contributed by atoms with E-state index in [9.17, 15) is 4.79 Å². The minimum Gasteiger partial charge on any atom is -0.466 e. The van der Waals surface area contributed by atoms with Gasteiger partial charge in [0, 0.05) is 6.08 Å². The first-order valence-corrected chi connectivity index (χ1v) is 4.63. The molecule has 0 bridgehead atoms. The van der Waals surface area contributed by atoms with Crippen LogP contribution in [0, 0.1) is 6.92 Å². The summed E-state index contributed by atoms with van der Waals surface area (Å²) in [5, 5.41) is 8.92. The number of rotatable bonds is 3. The van der Waals surface area contributed by atoms with Gasteiger partial charge in [0.15, 0.2) is 0 Å². The van der Waals surface area contributed by atoms with Crippen molar-refractivity contribution in [2.24, 2.45) is 0 Å². The van der Waals surface area contributed by atoms with Crippen molar-refractivity contribution in [1.29, 1.82) is 0 Å². The van der Waals surface area contributed by atoms with Gasteiger partial charge in [-0.1, -0.05) is 18.2 Å². The maximum Gasteiger partial charge on any atom is 0.330 e. The van der Waals surface area contributed by atoms with E-state index in [-0.39, 0.29) is 12.6 Å². The van der Waals surface area contributed by atoms with Crippen LogP contribution in [0.25, 0.3) is 6.08 Å². The third kappa shape index (κ3) is 3.22. The Bertz CT molecular complexity index is 380. The maximum absolute atomic E-state index is 10.9. The average molecular weight is 206 g/mol. The Kier molecular flexibility index (Phi) is 4.06. The van der Waals surface area contributed by atoms with E-state index in [2.05, 4.69) is 4.74 Å². The summed E-state index contributed by atoms with van der Waals surface area (Å²) in [6.45, 7) is 1.96. The quantitative estimate of drug-likeness (QED) is 0.604. The van der Waals surface area contributed by atoms with Crippen molar-refractivity contribution in [2.45, 2.75) is 13.5 Å². The molecule has 0 heterocycles. The standard InChI is InChI=1S/C12H14O3/c1-9-7-10(8-13)3-4-11(9)5-6-12(14)15-2/h3-7,13H,8H2,1-2H3/b6-5+. The fourth-order valence-electron chi connectivity index (χ4n) is 1.25. The summed E-state index contributed by atoms with van der Waals surface area (Å²) < 4.78 is 4.49. The van der Waals surface area contributed by atoms with Gasteiger partial charge in [-0.2, -0.15) is 0 Å². The third-order valence-electron chi connectivity index (χ3n) is 2.12. The van der Waals surface area contributed by atoms with Crippen molar-refractivity contribution in [3.63, 3.8) is 0 Å². The molecule has 0 aliphatic rings. The van der Waals surface area contributed by atoms with Gasteiger partial charge in [0.2, 0.25) is 0 Å². The van der Waals surface area contributed by atoms with Crippen molar-refractivity contribution < 1.29 is 14.6 Å². The smallest absolute Gasteiger partial charge is 0.330 e. The molecule has 0 saturated heterocycles. The van der Waals surface area contributed by atoms with Crippen LogP contribution in [0.4, 0.5) is 0 Å². The molecule has 0 radical (unpaired) electrons. The van der Waals surface area contributed by atoms with Gasteiger partial charge in [-0.3, -0.25) is 0 Å². The number of aryl methyl sites for hydroxylation is 1. The summed E-state index contributed by atoms with van der Waals surface area (Å²) in [6.07, 6.45) is 3.07. The molecule has 0 amide bonds. The number of aliphatic hydroxyl groups excluding tert-OH is 1. The molecule has 0 fully saturated rings. The number of benzene rings is 1. The average Bonchev–Trinajstić information content (AvgIpc) is 2.26. The molecular weight excluding hydrogens is 192 g/mol. The number of ether oxygens (including phenoxy) is 1. The first-order valence-electron chi connectivity index (χ1n) is 4.63. The number of carbonyl (C=O) groups is 1. The van der Waals surface area contributed by atoms with Gasteiger partial charge in [0.1, 0.15) is 0 Å². The highest BCUT2D eigenvalue weighted by atomic mass is 16.5. The molecule has 0 saturated carbocycles. The van der Waals surface area contributed by atoms with Crippen LogP contribution in [-0.4, -0.2) is 18.2 Å². The van der Waals surface area contributed by atoms with E-state index >= 15 is 0 Å². The zero-order valence-electron chi connectivity index (χ0n) is 8.86. The highest BCUT2D eigenvalue weighted by molar-refractivity contribution is 5.87. The predicted molar refractivity (Wildman–Crippen MR) is 58.2 cm³/mol. The summed E-state index contributed by atoms with van der Waals surface area (Å²) >= 11 is 0. The van der Waals surface area contributed by atoms with Gasteiger partial charge in [0.05, 0.1) is 13.7 Å². The summed E-state index contributed by atoms with van der Waals surface area (Å²) in [7, 11) is 1.34. The van der Waals surface area contributed by atoms with Crippen LogP contribution in [0.5, 0.6) is 0 Å². The number of aliphatic hydroxyl groups is 1. The van der Waals surface area contributed by atoms with Crippen molar-refractivity contribution in [3.05, 3.63) is 41.0 Å². The normalized spacial score (nSPS) is 10.6. The third-order valence-corrected chi connectivity index (χ3v) is 2.12. The molecule has 0 spiro atoms. The van der Waals surface area contributed by atoms with Gasteiger partial charge < -0.3 is 9.84 Å². The fourth-order valence-corrected chi connectivity index (χ4v) is 1.25. The van der Waals surface area contributed by atoms with Crippen LogP contribution in [0.1, 0.15) is 16.7 Å². The maximum atomic E-state index is 10.9. The molecule has 1 aromatic carbocycles. The van der Waals surface area contributed by atoms with Crippen LogP contribution in [-0.2, 0) is 16.1 Å². The first kappa shape index (κ1) is 11.5. The number of hydrogen-bond acceptors (Lipinski definition) is 3. The minimum atomic E-state index is -0.374. The molecule has 0 aliphatic carbocycles. The monoisotopic (exact) mass is 206 g/mol. The van der Waals surface area contributed by atoms with Crippen LogP contribution in [0.3, 0.4) is 0 Å². The number of esters is 1. The summed E-state index contributed by atoms with van der Waals surface area (Å²) in [4.78, 5) is 10.9. The zero-order chi connectivity index (χ0) is 11.3. The number of carbonyl (C=O) groups excluding carboxylic acids is 1. The summed E-state index contributed by atoms with van der Waals surface area (Å²) in [5.41, 5.74) is 2.82. The largest absolute Gasteiger partial charge is 0.466 e. The molecule has 0 atom stereocenters. The Labute approximate surface area is 89.0 Å². The fraction of sp³-hybridized carbons (Fsp3) is 0.250. The summed E-state index contributed by atoms with van der Waals surface area (Å²) in [5.74, 6) is -0.374. The molecule has 0 aliphatic heterocycles. The molecule has 1 rings (SSSR count). The van der Waals surface area contributed by atoms with Crippen molar-refractivity contribution in [3.8, 4) is 0 Å². The highest BCUT2D eigenvalue weighted by Gasteiger charge is 1.97. The summed E-state index contributed by atoms with van der Waals surface area (Å²) in [6, 6.07) is 5.57. The Morgan fingerprint density at radius 2 is 2.27 bits per heavy atom. The predicted octanol–water partition coefficient (Wildman–Crippen LogP) is 1.67. The van der Waals surface area contributed by atoms with Crippen LogP contribution >= 0.6 is 0 Å². The minimum absolute atomic E-state index is 0.0296. The van der Waals surface area contributed by atoms with Gasteiger partial charge in [-0.15, -0.1) is 0 Å². The van der Waals surface area contributed by atoms with E-state index in [1.807, 2.05) is 25.1 Å². The molecule has 0 aromatic heterocycles. The lowest BCUT2D eigenvalue weighted by Gasteiger charge is -2.02. The molecule has 3 nitrogen and oxygen atoms in total. The van der Waals surface area contributed by atoms with E-state index in [0.717, 1.165) is 16.7 Å². The Morgan fingerprint density at radius 3 is 2.80 bits per heavy atom. The number of hydrogen-bond donors (Lipinski definition) is 1. The molecule has 3 heteroatoms. The lowest BCUT2D eigenvalue weighted by Crippen LogP contribution is -1.94. The molecular formula is C12H14O3. The molecule has 1 N–H and O–H groups in total. The van der Waals surface area contributed by atoms with Gasteiger partial charge in [0.25, 0.3) is 0 Å². The van der Waals surface area contributed by atoms with Gasteiger partial charge >= 0.3 is 5.97 Å². The topological polar surface area (TPSA) is 46.5 Å². The first-order chi connectivity index (χ1) is 7.17. The second-order valence-corrected chi connectivity index (χ2v) is 3.21. The second-order valence-electron chi connectivity index (χ2n) is 3.21. The molecule has 1 aromatic rings. The second kappa shape index (κ2) is 5.32. The molecule has 80 valence electrons. The van der Waals surface area contributed by atoms with Crippen molar-refractivity contribution in [2.75, 3.05) is 7.11 Å². The zero-order valence-corrected chi connectivity index (χ0v) is 8.86. The van der Waals surface area contributed by atoms with Gasteiger partial charge in [-0.05, 0) is 29.7 Å². The van der Waals surface area contributed by atoms with E-state index in [1.54, 1.807) is 6.08 Å². The SMILES string of the molecule is COC(=O)/C=C/c1ccc(CO)cc1C. The van der Waals surface area contributed by atoms with Crippen molar-refractivity contribution >= 4 is 12.0 Å². The molecule has 15 heavy (non-hydrogen) atoms. The highest BCUT2D eigenvalue weighted by Crippen LogP contribution is 2.12. The lowest BCUT2D eigenvalue weighted by molar-refractivity contribution is -0.134. The van der Waals surface area contributed by atoms with Gasteiger partial charge in [-0.25, -0.2) is 4.79 Å². The van der Waals surface area contributed by atoms with E-state index in [4.69, 9.17) is 5.11 Å². The van der Waals surface area contributed by atoms with E-state index in [1.165, 1.54) is 13.2 Å². The van der Waals surface area contributed by atoms with E-state index < -0.39 is 0 Å². The van der Waals surface area contributed by atoms with Crippen LogP contribution < -0.4 is 0 Å². The Balaban J connectivity index is 2.87. The Morgan fingerprint density at radius 1 is 1.53 bits per heavy atom. The van der Waals surface area contributed by atoms with E-state index in [0.29, 0.717) is 0 Å². The van der Waals surface area contributed by atoms with Crippen molar-refractivity contribution in [1.82, 2.24) is 0 Å². The lowest BCUT2D eigenvalue weighted by atomic mass is 10.1. The van der Waals surface area contributed by atoms with Crippen LogP contribution in [0.2, 0.25) is 0 Å². The molecule has 0 unspecified atom stereocenters. The number of methoxy groups -OCH3 is 1. The van der Waals surface area contributed by atoms with Crippen LogP contribution in [0.15, 0.2) is 24.3 Å².